The lowest BCUT2D eigenvalue weighted by Gasteiger charge is -2.36. The third-order valence-corrected chi connectivity index (χ3v) is 5.09. The van der Waals surface area contributed by atoms with Crippen LogP contribution in [-0.2, 0) is 22.6 Å². The molecule has 1 aliphatic heterocycles. The number of halogens is 1. The Balaban J connectivity index is 1.84. The minimum absolute atomic E-state index is 0.0328. The molecular weight excluding hydrogens is 392 g/mol. The highest BCUT2D eigenvalue weighted by Crippen LogP contribution is 2.26. The van der Waals surface area contributed by atoms with E-state index in [-0.39, 0.29) is 17.7 Å². The van der Waals surface area contributed by atoms with Crippen LogP contribution >= 0.6 is 15.9 Å². The van der Waals surface area contributed by atoms with Crippen LogP contribution in [0.15, 0.2) is 53.0 Å². The SMILES string of the molecule is CC(C)CC(=O)N1Cc2ccccc2CC1C(=O)Nc1ccc(Br)cc1. The van der Waals surface area contributed by atoms with Gasteiger partial charge in [0.15, 0.2) is 0 Å². The summed E-state index contributed by atoms with van der Waals surface area (Å²) >= 11 is 3.39. The first-order valence-electron chi connectivity index (χ1n) is 8.86. The number of rotatable bonds is 4. The Morgan fingerprint density at radius 1 is 1.12 bits per heavy atom. The topological polar surface area (TPSA) is 49.4 Å². The van der Waals surface area contributed by atoms with Gasteiger partial charge in [-0.3, -0.25) is 9.59 Å². The van der Waals surface area contributed by atoms with Gasteiger partial charge < -0.3 is 10.2 Å². The first-order chi connectivity index (χ1) is 12.4. The molecule has 2 amide bonds. The minimum atomic E-state index is -0.486. The minimum Gasteiger partial charge on any atom is -0.326 e. The van der Waals surface area contributed by atoms with Crippen LogP contribution in [0.5, 0.6) is 0 Å². The standard InChI is InChI=1S/C21H23BrN2O2/c1-14(2)11-20(25)24-13-16-6-4-3-5-15(16)12-19(24)21(26)23-18-9-7-17(22)8-10-18/h3-10,14,19H,11-13H2,1-2H3,(H,23,26). The molecule has 3 rings (SSSR count). The predicted octanol–water partition coefficient (Wildman–Crippen LogP) is 4.39. The Morgan fingerprint density at radius 3 is 2.42 bits per heavy atom. The van der Waals surface area contributed by atoms with Gasteiger partial charge in [0.25, 0.3) is 0 Å². The number of nitrogens with zero attached hydrogens (tertiary/aromatic N) is 1. The van der Waals surface area contributed by atoms with Crippen molar-refractivity contribution in [3.05, 3.63) is 64.1 Å². The Kier molecular flexibility index (Phi) is 5.77. The molecule has 1 aliphatic rings. The van der Waals surface area contributed by atoms with Gasteiger partial charge in [-0.15, -0.1) is 0 Å². The fraction of sp³-hybridized carbons (Fsp3) is 0.333. The summed E-state index contributed by atoms with van der Waals surface area (Å²) in [6, 6.07) is 15.0. The highest BCUT2D eigenvalue weighted by atomic mass is 79.9. The molecule has 0 saturated carbocycles. The van der Waals surface area contributed by atoms with Crippen molar-refractivity contribution in [1.82, 2.24) is 4.90 Å². The van der Waals surface area contributed by atoms with Crippen LogP contribution in [0.25, 0.3) is 0 Å². The normalized spacial score (nSPS) is 16.3. The second-order valence-electron chi connectivity index (χ2n) is 7.10. The first-order valence-corrected chi connectivity index (χ1v) is 9.66. The smallest absolute Gasteiger partial charge is 0.247 e. The van der Waals surface area contributed by atoms with Crippen LogP contribution in [0.1, 0.15) is 31.4 Å². The number of carbonyl (C=O) groups is 2. The Hall–Kier alpha value is -2.14. The zero-order chi connectivity index (χ0) is 18.7. The van der Waals surface area contributed by atoms with Crippen LogP contribution in [0.2, 0.25) is 0 Å². The number of carbonyl (C=O) groups excluding carboxylic acids is 2. The summed E-state index contributed by atoms with van der Waals surface area (Å²) in [5, 5.41) is 2.95. The maximum absolute atomic E-state index is 12.9. The van der Waals surface area contributed by atoms with Crippen molar-refractivity contribution in [2.45, 2.75) is 39.3 Å². The molecule has 0 aromatic heterocycles. The fourth-order valence-corrected chi connectivity index (χ4v) is 3.51. The van der Waals surface area contributed by atoms with Gasteiger partial charge in [-0.2, -0.15) is 0 Å². The number of amides is 2. The molecule has 0 fully saturated rings. The van der Waals surface area contributed by atoms with E-state index in [0.29, 0.717) is 19.4 Å². The van der Waals surface area contributed by atoms with Crippen molar-refractivity contribution in [2.24, 2.45) is 5.92 Å². The molecule has 26 heavy (non-hydrogen) atoms. The molecular formula is C21H23BrN2O2. The molecule has 0 bridgehead atoms. The van der Waals surface area contributed by atoms with E-state index in [0.717, 1.165) is 21.3 Å². The molecule has 1 unspecified atom stereocenters. The second-order valence-corrected chi connectivity index (χ2v) is 8.02. The number of hydrogen-bond donors (Lipinski definition) is 1. The lowest BCUT2D eigenvalue weighted by Crippen LogP contribution is -2.50. The van der Waals surface area contributed by atoms with E-state index in [1.807, 2.05) is 62.4 Å². The molecule has 1 N–H and O–H groups in total. The zero-order valence-electron chi connectivity index (χ0n) is 15.0. The van der Waals surface area contributed by atoms with Crippen molar-refractivity contribution in [2.75, 3.05) is 5.32 Å². The van der Waals surface area contributed by atoms with Crippen LogP contribution in [-0.4, -0.2) is 22.8 Å². The van der Waals surface area contributed by atoms with Gasteiger partial charge in [-0.1, -0.05) is 54.0 Å². The number of anilines is 1. The monoisotopic (exact) mass is 414 g/mol. The van der Waals surface area contributed by atoms with E-state index >= 15 is 0 Å². The van der Waals surface area contributed by atoms with E-state index in [2.05, 4.69) is 21.2 Å². The molecule has 0 aliphatic carbocycles. The third kappa shape index (κ3) is 4.33. The number of benzene rings is 2. The maximum Gasteiger partial charge on any atom is 0.247 e. The van der Waals surface area contributed by atoms with Crippen molar-refractivity contribution in [3.63, 3.8) is 0 Å². The van der Waals surface area contributed by atoms with Gasteiger partial charge in [0.1, 0.15) is 6.04 Å². The molecule has 5 heteroatoms. The lowest BCUT2D eigenvalue weighted by molar-refractivity contribution is -0.140. The van der Waals surface area contributed by atoms with Crippen LogP contribution < -0.4 is 5.32 Å². The predicted molar refractivity (Wildman–Crippen MR) is 107 cm³/mol. The maximum atomic E-state index is 12.9. The molecule has 2 aromatic rings. The molecule has 1 heterocycles. The van der Waals surface area contributed by atoms with E-state index in [1.165, 1.54) is 0 Å². The van der Waals surface area contributed by atoms with Gasteiger partial charge in [-0.05, 0) is 41.3 Å². The Bertz CT molecular complexity index is 802. The zero-order valence-corrected chi connectivity index (χ0v) is 16.6. The van der Waals surface area contributed by atoms with Gasteiger partial charge in [-0.25, -0.2) is 0 Å². The molecule has 1 atom stereocenters. The van der Waals surface area contributed by atoms with Gasteiger partial charge in [0.05, 0.1) is 0 Å². The molecule has 0 saturated heterocycles. The molecule has 0 radical (unpaired) electrons. The molecule has 136 valence electrons. The summed E-state index contributed by atoms with van der Waals surface area (Å²) in [7, 11) is 0. The largest absolute Gasteiger partial charge is 0.326 e. The summed E-state index contributed by atoms with van der Waals surface area (Å²) in [6.07, 6.45) is 0.993. The van der Waals surface area contributed by atoms with Crippen molar-refractivity contribution < 1.29 is 9.59 Å². The average Bonchev–Trinajstić information content (AvgIpc) is 2.62. The Morgan fingerprint density at radius 2 is 1.77 bits per heavy atom. The number of nitrogens with one attached hydrogen (secondary N) is 1. The van der Waals surface area contributed by atoms with Gasteiger partial charge >= 0.3 is 0 Å². The summed E-state index contributed by atoms with van der Waals surface area (Å²) in [6.45, 7) is 4.53. The highest BCUT2D eigenvalue weighted by molar-refractivity contribution is 9.10. The summed E-state index contributed by atoms with van der Waals surface area (Å²) < 4.78 is 0.954. The lowest BCUT2D eigenvalue weighted by atomic mass is 9.92. The highest BCUT2D eigenvalue weighted by Gasteiger charge is 2.34. The van der Waals surface area contributed by atoms with Crippen molar-refractivity contribution >= 4 is 33.4 Å². The van der Waals surface area contributed by atoms with Crippen molar-refractivity contribution in [3.8, 4) is 0 Å². The summed E-state index contributed by atoms with van der Waals surface area (Å²) in [5.41, 5.74) is 2.99. The molecule has 4 nitrogen and oxygen atoms in total. The van der Waals surface area contributed by atoms with Crippen LogP contribution in [0, 0.1) is 5.92 Å². The third-order valence-electron chi connectivity index (χ3n) is 4.57. The van der Waals surface area contributed by atoms with E-state index in [9.17, 15) is 9.59 Å². The summed E-state index contributed by atoms with van der Waals surface area (Å²) in [5.74, 6) is 0.152. The van der Waals surface area contributed by atoms with E-state index in [1.54, 1.807) is 4.90 Å². The number of fused-ring (bicyclic) bond motifs is 1. The molecule has 2 aromatic carbocycles. The second kappa shape index (κ2) is 8.04. The first kappa shape index (κ1) is 18.6. The summed E-state index contributed by atoms with van der Waals surface area (Å²) in [4.78, 5) is 27.4. The van der Waals surface area contributed by atoms with E-state index in [4.69, 9.17) is 0 Å². The van der Waals surface area contributed by atoms with E-state index < -0.39 is 6.04 Å². The average molecular weight is 415 g/mol. The number of hydrogen-bond acceptors (Lipinski definition) is 2. The van der Waals surface area contributed by atoms with Crippen LogP contribution in [0.4, 0.5) is 5.69 Å². The molecule has 0 spiro atoms. The van der Waals surface area contributed by atoms with Gasteiger partial charge in [0, 0.05) is 29.5 Å². The fourth-order valence-electron chi connectivity index (χ4n) is 3.24. The van der Waals surface area contributed by atoms with Crippen LogP contribution in [0.3, 0.4) is 0 Å². The quantitative estimate of drug-likeness (QED) is 0.806. The van der Waals surface area contributed by atoms with Gasteiger partial charge in [0.2, 0.25) is 11.8 Å². The van der Waals surface area contributed by atoms with Crippen molar-refractivity contribution in [1.29, 1.82) is 0 Å². The Labute approximate surface area is 162 Å².